The highest BCUT2D eigenvalue weighted by atomic mass is 16.5. The van der Waals surface area contributed by atoms with E-state index in [0.29, 0.717) is 6.42 Å². The molecule has 5 nitrogen and oxygen atoms in total. The number of methoxy groups -OCH3 is 1. The van der Waals surface area contributed by atoms with Gasteiger partial charge in [-0.05, 0) is 19.8 Å². The molecule has 0 spiro atoms. The van der Waals surface area contributed by atoms with E-state index in [2.05, 4.69) is 19.2 Å². The van der Waals surface area contributed by atoms with Crippen LogP contribution in [0.2, 0.25) is 0 Å². The maximum absolute atomic E-state index is 11.9. The number of amides is 1. The van der Waals surface area contributed by atoms with Crippen LogP contribution in [-0.4, -0.2) is 35.7 Å². The second-order valence-electron chi connectivity index (χ2n) is 6.21. The predicted octanol–water partition coefficient (Wildman–Crippen LogP) is 1.03. The molecule has 2 aliphatic carbocycles. The van der Waals surface area contributed by atoms with Crippen LogP contribution in [0.15, 0.2) is 0 Å². The molecule has 4 unspecified atom stereocenters. The summed E-state index contributed by atoms with van der Waals surface area (Å²) in [6, 6.07) is 0.0602. The maximum Gasteiger partial charge on any atom is 0.307 e. The molecule has 2 saturated carbocycles. The molecule has 18 heavy (non-hydrogen) atoms. The first-order valence-corrected chi connectivity index (χ1v) is 6.31. The molecule has 4 atom stereocenters. The van der Waals surface area contributed by atoms with Crippen molar-refractivity contribution in [2.75, 3.05) is 7.11 Å². The summed E-state index contributed by atoms with van der Waals surface area (Å²) < 4.78 is 5.49. The van der Waals surface area contributed by atoms with Crippen LogP contribution in [0.1, 0.15) is 33.6 Å². The zero-order valence-corrected chi connectivity index (χ0v) is 11.3. The van der Waals surface area contributed by atoms with E-state index in [1.54, 1.807) is 7.11 Å². The number of carboxylic acids is 1. The minimum absolute atomic E-state index is 0.0602. The Morgan fingerprint density at radius 1 is 1.28 bits per heavy atom. The van der Waals surface area contributed by atoms with E-state index < -0.39 is 11.9 Å². The number of carbonyl (C=O) groups is 2. The second kappa shape index (κ2) is 3.95. The zero-order valence-electron chi connectivity index (χ0n) is 11.3. The van der Waals surface area contributed by atoms with Gasteiger partial charge in [0.15, 0.2) is 0 Å². The summed E-state index contributed by atoms with van der Waals surface area (Å²) in [6.45, 7) is 6.16. The van der Waals surface area contributed by atoms with Crippen molar-refractivity contribution >= 4 is 11.9 Å². The van der Waals surface area contributed by atoms with Crippen LogP contribution in [0.3, 0.4) is 0 Å². The summed E-state index contributed by atoms with van der Waals surface area (Å²) in [5.41, 5.74) is -0.355. The van der Waals surface area contributed by atoms with Crippen molar-refractivity contribution in [1.82, 2.24) is 5.32 Å². The third-order valence-electron chi connectivity index (χ3n) is 5.04. The fourth-order valence-corrected chi connectivity index (χ4v) is 2.76. The summed E-state index contributed by atoms with van der Waals surface area (Å²) >= 11 is 0. The standard InChI is InChI=1S/C13H21NO4/c1-12(2)9(6-13(12,3)18-4)14-10(15)7-5-8(7)11(16)17/h7-9H,5-6H2,1-4H3,(H,14,15)(H,16,17). The van der Waals surface area contributed by atoms with Gasteiger partial charge < -0.3 is 15.2 Å². The van der Waals surface area contributed by atoms with Gasteiger partial charge in [-0.15, -0.1) is 0 Å². The summed E-state index contributed by atoms with van der Waals surface area (Å²) in [5, 5.41) is 11.8. The Kier molecular flexibility index (Phi) is 2.93. The van der Waals surface area contributed by atoms with Crippen LogP contribution < -0.4 is 5.32 Å². The van der Waals surface area contributed by atoms with Gasteiger partial charge in [-0.1, -0.05) is 13.8 Å². The summed E-state index contributed by atoms with van der Waals surface area (Å²) in [6.07, 6.45) is 1.24. The van der Waals surface area contributed by atoms with Crippen LogP contribution in [0.25, 0.3) is 0 Å². The molecule has 0 radical (unpaired) electrons. The smallest absolute Gasteiger partial charge is 0.307 e. The van der Waals surface area contributed by atoms with Gasteiger partial charge in [0.25, 0.3) is 0 Å². The largest absolute Gasteiger partial charge is 0.481 e. The van der Waals surface area contributed by atoms with Gasteiger partial charge in [0.1, 0.15) is 0 Å². The Morgan fingerprint density at radius 2 is 1.89 bits per heavy atom. The molecule has 0 bridgehead atoms. The molecule has 2 aliphatic rings. The average molecular weight is 255 g/mol. The summed E-state index contributed by atoms with van der Waals surface area (Å²) in [4.78, 5) is 22.6. The Bertz CT molecular complexity index is 392. The zero-order chi connectivity index (χ0) is 13.7. The number of nitrogens with one attached hydrogen (secondary N) is 1. The SMILES string of the molecule is COC1(C)CC(NC(=O)C2CC2C(=O)O)C1(C)C. The highest BCUT2D eigenvalue weighted by molar-refractivity contribution is 5.89. The van der Waals surface area contributed by atoms with E-state index in [0.717, 1.165) is 6.42 Å². The first-order chi connectivity index (χ1) is 8.23. The number of ether oxygens (including phenoxy) is 1. The average Bonchev–Trinajstić information content (AvgIpc) is 3.07. The molecule has 5 heteroatoms. The van der Waals surface area contributed by atoms with Gasteiger partial charge in [-0.3, -0.25) is 9.59 Å². The Morgan fingerprint density at radius 3 is 2.28 bits per heavy atom. The lowest BCUT2D eigenvalue weighted by atomic mass is 9.56. The fourth-order valence-electron chi connectivity index (χ4n) is 2.76. The monoisotopic (exact) mass is 255 g/mol. The fraction of sp³-hybridized carbons (Fsp3) is 0.846. The van der Waals surface area contributed by atoms with Gasteiger partial charge in [0.05, 0.1) is 17.4 Å². The van der Waals surface area contributed by atoms with Gasteiger partial charge in [0.2, 0.25) is 5.91 Å². The molecule has 0 aromatic heterocycles. The molecule has 0 heterocycles. The predicted molar refractivity (Wildman–Crippen MR) is 65.0 cm³/mol. The van der Waals surface area contributed by atoms with E-state index in [1.165, 1.54) is 0 Å². The first-order valence-electron chi connectivity index (χ1n) is 6.31. The lowest BCUT2D eigenvalue weighted by molar-refractivity contribution is -0.182. The Hall–Kier alpha value is -1.10. The highest BCUT2D eigenvalue weighted by Crippen LogP contribution is 2.52. The number of carbonyl (C=O) groups excluding carboxylic acids is 1. The van der Waals surface area contributed by atoms with Crippen molar-refractivity contribution in [3.05, 3.63) is 0 Å². The highest BCUT2D eigenvalue weighted by Gasteiger charge is 2.59. The lowest BCUT2D eigenvalue weighted by Crippen LogP contribution is -2.68. The van der Waals surface area contributed by atoms with E-state index >= 15 is 0 Å². The van der Waals surface area contributed by atoms with Gasteiger partial charge in [-0.25, -0.2) is 0 Å². The van der Waals surface area contributed by atoms with Crippen molar-refractivity contribution in [3.8, 4) is 0 Å². The molecular formula is C13H21NO4. The van der Waals surface area contributed by atoms with Crippen molar-refractivity contribution in [2.24, 2.45) is 17.3 Å². The number of carboxylic acid groups (broad SMARTS) is 1. The van der Waals surface area contributed by atoms with Gasteiger partial charge in [-0.2, -0.15) is 0 Å². The molecular weight excluding hydrogens is 234 g/mol. The summed E-state index contributed by atoms with van der Waals surface area (Å²) in [5.74, 6) is -1.82. The van der Waals surface area contributed by atoms with Crippen molar-refractivity contribution < 1.29 is 19.4 Å². The minimum Gasteiger partial charge on any atom is -0.481 e. The van der Waals surface area contributed by atoms with Crippen LogP contribution in [0, 0.1) is 17.3 Å². The van der Waals surface area contributed by atoms with Crippen LogP contribution in [-0.2, 0) is 14.3 Å². The van der Waals surface area contributed by atoms with E-state index in [1.807, 2.05) is 6.92 Å². The number of rotatable bonds is 4. The number of hydrogen-bond acceptors (Lipinski definition) is 3. The quantitative estimate of drug-likeness (QED) is 0.786. The van der Waals surface area contributed by atoms with E-state index in [4.69, 9.17) is 9.84 Å². The van der Waals surface area contributed by atoms with Crippen LogP contribution in [0.5, 0.6) is 0 Å². The van der Waals surface area contributed by atoms with Crippen molar-refractivity contribution in [1.29, 1.82) is 0 Å². The molecule has 2 rings (SSSR count). The maximum atomic E-state index is 11.9. The molecule has 2 N–H and O–H groups in total. The minimum atomic E-state index is -0.871. The van der Waals surface area contributed by atoms with E-state index in [9.17, 15) is 9.59 Å². The number of aliphatic carboxylic acids is 1. The molecule has 0 aromatic carbocycles. The lowest BCUT2D eigenvalue weighted by Gasteiger charge is -2.59. The second-order valence-corrected chi connectivity index (χ2v) is 6.21. The first kappa shape index (κ1) is 13.3. The molecule has 0 saturated heterocycles. The topological polar surface area (TPSA) is 75.6 Å². The Labute approximate surface area is 107 Å². The van der Waals surface area contributed by atoms with Crippen LogP contribution >= 0.6 is 0 Å². The normalized spacial score (nSPS) is 40.8. The van der Waals surface area contributed by atoms with Crippen LogP contribution in [0.4, 0.5) is 0 Å². The van der Waals surface area contributed by atoms with Gasteiger partial charge >= 0.3 is 5.97 Å². The van der Waals surface area contributed by atoms with E-state index in [-0.39, 0.29) is 28.9 Å². The van der Waals surface area contributed by atoms with Gasteiger partial charge in [0, 0.05) is 18.6 Å². The molecule has 1 amide bonds. The third kappa shape index (κ3) is 1.81. The third-order valence-corrected chi connectivity index (χ3v) is 5.04. The molecule has 0 aliphatic heterocycles. The Balaban J connectivity index is 1.90. The molecule has 0 aromatic rings. The van der Waals surface area contributed by atoms with Crippen molar-refractivity contribution in [2.45, 2.75) is 45.3 Å². The van der Waals surface area contributed by atoms with Crippen molar-refractivity contribution in [3.63, 3.8) is 0 Å². The molecule has 2 fully saturated rings. The summed E-state index contributed by atoms with van der Waals surface area (Å²) in [7, 11) is 1.68. The molecule has 102 valence electrons. The number of hydrogen-bond donors (Lipinski definition) is 2.